The molecule has 6 heteroatoms. The minimum absolute atomic E-state index is 0.0926. The summed E-state index contributed by atoms with van der Waals surface area (Å²) in [5.74, 6) is 0.441. The summed E-state index contributed by atoms with van der Waals surface area (Å²) in [6.07, 6.45) is 0.493. The van der Waals surface area contributed by atoms with E-state index in [2.05, 4.69) is 10.6 Å². The van der Waals surface area contributed by atoms with Crippen LogP contribution in [-0.4, -0.2) is 39.6 Å². The molecule has 0 unspecified atom stereocenters. The Hall–Kier alpha value is -0.910. The van der Waals surface area contributed by atoms with Gasteiger partial charge in [-0.25, -0.2) is 0 Å². The fourth-order valence-electron chi connectivity index (χ4n) is 1.30. The summed E-state index contributed by atoms with van der Waals surface area (Å²) in [6, 6.07) is 0.200. The molecule has 0 atom stereocenters. The predicted octanol–water partition coefficient (Wildman–Crippen LogP) is 0.565. The maximum atomic E-state index is 11.6. The zero-order valence-corrected chi connectivity index (χ0v) is 12.4. The van der Waals surface area contributed by atoms with Gasteiger partial charge in [0.05, 0.1) is 0 Å². The molecule has 0 fully saturated rings. The van der Waals surface area contributed by atoms with Crippen molar-refractivity contribution in [1.29, 1.82) is 0 Å². The fraction of sp³-hybridized carbons (Fsp3) is 0.833. The van der Waals surface area contributed by atoms with Gasteiger partial charge in [-0.15, -0.1) is 0 Å². The lowest BCUT2D eigenvalue weighted by Crippen LogP contribution is -2.32. The summed E-state index contributed by atoms with van der Waals surface area (Å²) in [5, 5.41) is 5.47. The molecule has 0 aliphatic carbocycles. The van der Waals surface area contributed by atoms with E-state index in [1.165, 1.54) is 0 Å². The molecule has 0 saturated heterocycles. The van der Waals surface area contributed by atoms with Crippen LogP contribution in [-0.2, 0) is 20.4 Å². The first kappa shape index (κ1) is 17.1. The zero-order chi connectivity index (χ0) is 14.1. The standard InChI is InChI=1S/C12H24N2O3S/c1-9(2)13-11(15)5-7-18(17)8-6-12(16)14-10(3)4/h9-10H,5-8H2,1-4H3,(H,13,15)(H,14,16). The molecule has 0 rings (SSSR count). The van der Waals surface area contributed by atoms with E-state index < -0.39 is 10.8 Å². The number of rotatable bonds is 8. The van der Waals surface area contributed by atoms with Gasteiger partial charge in [-0.05, 0) is 27.7 Å². The van der Waals surface area contributed by atoms with E-state index in [1.54, 1.807) is 0 Å². The van der Waals surface area contributed by atoms with Gasteiger partial charge in [0.25, 0.3) is 0 Å². The monoisotopic (exact) mass is 276 g/mol. The van der Waals surface area contributed by atoms with Crippen LogP contribution >= 0.6 is 0 Å². The molecule has 0 saturated carbocycles. The molecule has 0 aromatic carbocycles. The smallest absolute Gasteiger partial charge is 0.221 e. The highest BCUT2D eigenvalue weighted by Gasteiger charge is 2.09. The van der Waals surface area contributed by atoms with E-state index in [1.807, 2.05) is 27.7 Å². The molecule has 0 aliphatic rings. The Morgan fingerprint density at radius 1 is 0.889 bits per heavy atom. The van der Waals surface area contributed by atoms with Gasteiger partial charge < -0.3 is 10.6 Å². The van der Waals surface area contributed by atoms with Gasteiger partial charge in [-0.3, -0.25) is 13.8 Å². The lowest BCUT2D eigenvalue weighted by Gasteiger charge is -2.09. The molecule has 106 valence electrons. The highest BCUT2D eigenvalue weighted by Crippen LogP contribution is 1.94. The van der Waals surface area contributed by atoms with Crippen molar-refractivity contribution < 1.29 is 13.8 Å². The molecule has 0 bridgehead atoms. The minimum Gasteiger partial charge on any atom is -0.354 e. The van der Waals surface area contributed by atoms with Gasteiger partial charge in [0.2, 0.25) is 11.8 Å². The van der Waals surface area contributed by atoms with E-state index in [0.717, 1.165) is 0 Å². The third-order valence-electron chi connectivity index (χ3n) is 2.01. The van der Waals surface area contributed by atoms with Crippen LogP contribution in [0.5, 0.6) is 0 Å². The van der Waals surface area contributed by atoms with E-state index in [0.29, 0.717) is 11.5 Å². The third kappa shape index (κ3) is 10.3. The van der Waals surface area contributed by atoms with E-state index in [9.17, 15) is 13.8 Å². The number of nitrogens with one attached hydrogen (secondary N) is 2. The van der Waals surface area contributed by atoms with Crippen LogP contribution in [0.2, 0.25) is 0 Å². The SMILES string of the molecule is CC(C)NC(=O)CCS(=O)CCC(=O)NC(C)C. The fourth-order valence-corrected chi connectivity index (χ4v) is 2.33. The molecular weight excluding hydrogens is 252 g/mol. The highest BCUT2D eigenvalue weighted by atomic mass is 32.2. The number of carbonyl (C=O) groups is 2. The summed E-state index contributed by atoms with van der Waals surface area (Å²) >= 11 is 0. The van der Waals surface area contributed by atoms with E-state index in [4.69, 9.17) is 0 Å². The third-order valence-corrected chi connectivity index (χ3v) is 3.33. The average Bonchev–Trinajstić information content (AvgIpc) is 2.21. The van der Waals surface area contributed by atoms with Crippen molar-refractivity contribution in [3.63, 3.8) is 0 Å². The first-order chi connectivity index (χ1) is 8.31. The Bertz CT molecular complexity index is 276. The second kappa shape index (κ2) is 9.08. The molecule has 0 aliphatic heterocycles. The van der Waals surface area contributed by atoms with Crippen molar-refractivity contribution >= 4 is 22.6 Å². The molecule has 18 heavy (non-hydrogen) atoms. The van der Waals surface area contributed by atoms with Crippen LogP contribution in [0.3, 0.4) is 0 Å². The molecule has 2 N–H and O–H groups in total. The predicted molar refractivity (Wildman–Crippen MR) is 73.7 cm³/mol. The normalized spacial score (nSPS) is 11.1. The van der Waals surface area contributed by atoms with Crippen molar-refractivity contribution in [3.05, 3.63) is 0 Å². The maximum Gasteiger partial charge on any atom is 0.221 e. The molecule has 0 aromatic heterocycles. The van der Waals surface area contributed by atoms with Gasteiger partial charge in [0.1, 0.15) is 0 Å². The van der Waals surface area contributed by atoms with Crippen molar-refractivity contribution in [2.75, 3.05) is 11.5 Å². The molecule has 0 spiro atoms. The second-order valence-corrected chi connectivity index (χ2v) is 6.49. The molecule has 0 radical (unpaired) electrons. The van der Waals surface area contributed by atoms with Crippen molar-refractivity contribution in [2.45, 2.75) is 52.6 Å². The van der Waals surface area contributed by atoms with Gasteiger partial charge in [0, 0.05) is 47.2 Å². The van der Waals surface area contributed by atoms with Crippen LogP contribution in [0.15, 0.2) is 0 Å². The molecular formula is C12H24N2O3S. The molecule has 5 nitrogen and oxygen atoms in total. The number of carbonyl (C=O) groups excluding carboxylic acids is 2. The van der Waals surface area contributed by atoms with Crippen LogP contribution in [0.4, 0.5) is 0 Å². The quantitative estimate of drug-likeness (QED) is 0.680. The summed E-state index contributed by atoms with van der Waals surface area (Å²) in [6.45, 7) is 7.52. The van der Waals surface area contributed by atoms with Gasteiger partial charge >= 0.3 is 0 Å². The summed E-state index contributed by atoms with van der Waals surface area (Å²) in [7, 11) is -1.11. The zero-order valence-electron chi connectivity index (χ0n) is 11.6. The van der Waals surface area contributed by atoms with Crippen LogP contribution in [0.1, 0.15) is 40.5 Å². The van der Waals surface area contributed by atoms with E-state index in [-0.39, 0.29) is 36.7 Å². The van der Waals surface area contributed by atoms with Crippen molar-refractivity contribution in [3.8, 4) is 0 Å². The first-order valence-electron chi connectivity index (χ1n) is 6.25. The summed E-state index contributed by atoms with van der Waals surface area (Å²) in [5.41, 5.74) is 0. The number of amides is 2. The van der Waals surface area contributed by atoms with Crippen LogP contribution in [0.25, 0.3) is 0 Å². The van der Waals surface area contributed by atoms with Crippen LogP contribution < -0.4 is 10.6 Å². The van der Waals surface area contributed by atoms with E-state index >= 15 is 0 Å². The Labute approximate surface area is 112 Å². The topological polar surface area (TPSA) is 75.3 Å². The minimum atomic E-state index is -1.11. The highest BCUT2D eigenvalue weighted by molar-refractivity contribution is 7.85. The number of hydrogen-bond acceptors (Lipinski definition) is 3. The Morgan fingerprint density at radius 2 is 1.22 bits per heavy atom. The second-order valence-electron chi connectivity index (χ2n) is 4.79. The molecule has 0 aromatic rings. The van der Waals surface area contributed by atoms with Crippen LogP contribution in [0, 0.1) is 0 Å². The van der Waals surface area contributed by atoms with Gasteiger partial charge in [0.15, 0.2) is 0 Å². The lowest BCUT2D eigenvalue weighted by molar-refractivity contribution is -0.121. The summed E-state index contributed by atoms with van der Waals surface area (Å²) in [4.78, 5) is 22.6. The summed E-state index contributed by atoms with van der Waals surface area (Å²) < 4.78 is 11.6. The first-order valence-corrected chi connectivity index (χ1v) is 7.73. The maximum absolute atomic E-state index is 11.6. The average molecular weight is 276 g/mol. The largest absolute Gasteiger partial charge is 0.354 e. The van der Waals surface area contributed by atoms with Crippen molar-refractivity contribution in [1.82, 2.24) is 10.6 Å². The van der Waals surface area contributed by atoms with Gasteiger partial charge in [-0.2, -0.15) is 0 Å². The van der Waals surface area contributed by atoms with Gasteiger partial charge in [-0.1, -0.05) is 0 Å². The Balaban J connectivity index is 3.72. The Morgan fingerprint density at radius 3 is 1.50 bits per heavy atom. The number of hydrogen-bond donors (Lipinski definition) is 2. The Kier molecular flexibility index (Phi) is 8.62. The molecule has 2 amide bonds. The van der Waals surface area contributed by atoms with Crippen molar-refractivity contribution in [2.24, 2.45) is 0 Å². The molecule has 0 heterocycles. The lowest BCUT2D eigenvalue weighted by atomic mass is 10.3.